The Kier molecular flexibility index (Phi) is 8.83. The van der Waals surface area contributed by atoms with E-state index in [4.69, 9.17) is 9.47 Å². The number of benzene rings is 3. The Hall–Kier alpha value is -4.66. The minimum Gasteiger partial charge on any atom is -0.465 e. The van der Waals surface area contributed by atoms with E-state index >= 15 is 0 Å². The molecule has 1 N–H and O–H groups in total. The molecule has 4 rings (SSSR count). The fourth-order valence-corrected chi connectivity index (χ4v) is 4.40. The van der Waals surface area contributed by atoms with Crippen molar-refractivity contribution in [2.45, 2.75) is 33.1 Å². The summed E-state index contributed by atoms with van der Waals surface area (Å²) in [5.74, 6) is -0.783. The van der Waals surface area contributed by atoms with Gasteiger partial charge in [0.1, 0.15) is 11.5 Å². The van der Waals surface area contributed by atoms with Gasteiger partial charge in [0.2, 0.25) is 5.91 Å². The number of methoxy groups -OCH3 is 1. The minimum absolute atomic E-state index is 0.00522. The van der Waals surface area contributed by atoms with Crippen molar-refractivity contribution < 1.29 is 33.4 Å². The van der Waals surface area contributed by atoms with Gasteiger partial charge in [-0.05, 0) is 78.6 Å². The van der Waals surface area contributed by atoms with E-state index in [0.29, 0.717) is 28.6 Å². The van der Waals surface area contributed by atoms with Crippen LogP contribution in [0.15, 0.2) is 66.7 Å². The zero-order valence-corrected chi connectivity index (χ0v) is 22.9. The lowest BCUT2D eigenvalue weighted by molar-refractivity contribution is -0.151. The Balaban J connectivity index is 1.30. The van der Waals surface area contributed by atoms with Crippen LogP contribution in [0.3, 0.4) is 0 Å². The van der Waals surface area contributed by atoms with Gasteiger partial charge in [-0.2, -0.15) is 0 Å². The maximum Gasteiger partial charge on any atom is 0.337 e. The van der Waals surface area contributed by atoms with Crippen LogP contribution >= 0.6 is 0 Å². The first kappa shape index (κ1) is 28.4. The number of carbonyl (C=O) groups excluding carboxylic acids is 4. The van der Waals surface area contributed by atoms with Crippen LogP contribution in [-0.4, -0.2) is 44.0 Å². The minimum atomic E-state index is -0.684. The molecule has 0 bridgehead atoms. The second-order valence-corrected chi connectivity index (χ2v) is 9.92. The number of esters is 2. The Labute approximate surface area is 233 Å². The van der Waals surface area contributed by atoms with Crippen LogP contribution in [0.2, 0.25) is 0 Å². The Morgan fingerprint density at radius 2 is 1.70 bits per heavy atom. The van der Waals surface area contributed by atoms with Crippen LogP contribution in [0.5, 0.6) is 11.5 Å². The lowest BCUT2D eigenvalue weighted by atomic mass is 10.0. The molecule has 0 aromatic heterocycles. The summed E-state index contributed by atoms with van der Waals surface area (Å²) in [7, 11) is 1.28. The number of anilines is 2. The summed E-state index contributed by atoms with van der Waals surface area (Å²) in [6.45, 7) is 5.90. The van der Waals surface area contributed by atoms with Crippen molar-refractivity contribution in [1.29, 1.82) is 0 Å². The van der Waals surface area contributed by atoms with Crippen molar-refractivity contribution in [2.24, 2.45) is 5.92 Å². The van der Waals surface area contributed by atoms with Gasteiger partial charge in [-0.25, -0.2) is 4.79 Å². The SMILES string of the molecule is COC(=O)c1ccc(NC(=O)COC(=O)[C@@H]2CC(=O)N(c3ccc(Oc4cc(C)ccc4C(C)C)cc3)C2)cc1. The molecule has 0 aliphatic carbocycles. The molecule has 2 amide bonds. The van der Waals surface area contributed by atoms with Crippen molar-refractivity contribution >= 4 is 35.1 Å². The first-order chi connectivity index (χ1) is 19.1. The van der Waals surface area contributed by atoms with Gasteiger partial charge in [0.15, 0.2) is 6.61 Å². The highest BCUT2D eigenvalue weighted by atomic mass is 16.5. The van der Waals surface area contributed by atoms with Crippen LogP contribution < -0.4 is 15.0 Å². The quantitative estimate of drug-likeness (QED) is 0.367. The molecule has 3 aromatic rings. The maximum atomic E-state index is 12.7. The standard InChI is InChI=1S/C31H32N2O7/c1-19(2)26-14-5-20(3)15-27(26)40-25-12-10-24(11-13-25)33-17-22(16-29(33)35)31(37)39-18-28(34)32-23-8-6-21(7-9-23)30(36)38-4/h5-15,19,22H,16-18H2,1-4H3,(H,32,34)/t22-/m1/s1. The Morgan fingerprint density at radius 1 is 1.00 bits per heavy atom. The Morgan fingerprint density at radius 3 is 2.35 bits per heavy atom. The van der Waals surface area contributed by atoms with Gasteiger partial charge in [0.05, 0.1) is 18.6 Å². The molecule has 0 saturated carbocycles. The second-order valence-electron chi connectivity index (χ2n) is 9.92. The molecule has 1 atom stereocenters. The van der Waals surface area contributed by atoms with E-state index < -0.39 is 30.4 Å². The van der Waals surface area contributed by atoms with E-state index in [1.807, 2.05) is 13.0 Å². The van der Waals surface area contributed by atoms with Crippen molar-refractivity contribution in [3.63, 3.8) is 0 Å². The number of ether oxygens (including phenoxy) is 3. The van der Waals surface area contributed by atoms with Gasteiger partial charge >= 0.3 is 11.9 Å². The summed E-state index contributed by atoms with van der Waals surface area (Å²) in [4.78, 5) is 50.5. The van der Waals surface area contributed by atoms with Crippen LogP contribution in [0.4, 0.5) is 11.4 Å². The molecule has 9 nitrogen and oxygen atoms in total. The van der Waals surface area contributed by atoms with E-state index in [9.17, 15) is 19.2 Å². The first-order valence-electron chi connectivity index (χ1n) is 13.0. The highest BCUT2D eigenvalue weighted by Crippen LogP contribution is 2.33. The first-order valence-corrected chi connectivity index (χ1v) is 13.0. The van der Waals surface area contributed by atoms with Crippen LogP contribution in [0, 0.1) is 12.8 Å². The highest BCUT2D eigenvalue weighted by molar-refractivity contribution is 6.00. The topological polar surface area (TPSA) is 111 Å². The zero-order chi connectivity index (χ0) is 28.8. The molecular formula is C31H32N2O7. The van der Waals surface area contributed by atoms with E-state index in [0.717, 1.165) is 16.9 Å². The predicted octanol–water partition coefficient (Wildman–Crippen LogP) is 5.23. The molecule has 1 aliphatic heterocycles. The average Bonchev–Trinajstić information content (AvgIpc) is 3.33. The van der Waals surface area contributed by atoms with Gasteiger partial charge in [-0.1, -0.05) is 26.0 Å². The predicted molar refractivity (Wildman–Crippen MR) is 150 cm³/mol. The summed E-state index contributed by atoms with van der Waals surface area (Å²) >= 11 is 0. The molecule has 0 unspecified atom stereocenters. The van der Waals surface area contributed by atoms with Gasteiger partial charge < -0.3 is 24.4 Å². The molecule has 0 radical (unpaired) electrons. The zero-order valence-electron chi connectivity index (χ0n) is 22.9. The molecule has 1 aliphatic rings. The summed E-state index contributed by atoms with van der Waals surface area (Å²) in [6.07, 6.45) is -0.00522. The van der Waals surface area contributed by atoms with E-state index in [1.165, 1.54) is 24.1 Å². The number of nitrogens with zero attached hydrogens (tertiary/aromatic N) is 1. The molecular weight excluding hydrogens is 512 g/mol. The molecule has 208 valence electrons. The normalized spacial score (nSPS) is 14.7. The third-order valence-electron chi connectivity index (χ3n) is 6.56. The van der Waals surface area contributed by atoms with Gasteiger partial charge in [0.25, 0.3) is 5.91 Å². The third kappa shape index (κ3) is 6.85. The van der Waals surface area contributed by atoms with Crippen molar-refractivity contribution in [2.75, 3.05) is 30.5 Å². The number of nitrogens with one attached hydrogen (secondary N) is 1. The number of hydrogen-bond donors (Lipinski definition) is 1. The average molecular weight is 545 g/mol. The fraction of sp³-hybridized carbons (Fsp3) is 0.290. The summed E-state index contributed by atoms with van der Waals surface area (Å²) in [5, 5.41) is 2.59. The molecule has 1 fully saturated rings. The molecule has 40 heavy (non-hydrogen) atoms. The van der Waals surface area contributed by atoms with Gasteiger partial charge in [-0.3, -0.25) is 14.4 Å². The number of rotatable bonds is 9. The van der Waals surface area contributed by atoms with Gasteiger partial charge in [0, 0.05) is 24.3 Å². The van der Waals surface area contributed by atoms with E-state index in [-0.39, 0.29) is 18.9 Å². The Bertz CT molecular complexity index is 1400. The van der Waals surface area contributed by atoms with Crippen LogP contribution in [0.1, 0.15) is 47.7 Å². The number of carbonyl (C=O) groups is 4. The van der Waals surface area contributed by atoms with Gasteiger partial charge in [-0.15, -0.1) is 0 Å². The smallest absolute Gasteiger partial charge is 0.337 e. The van der Waals surface area contributed by atoms with Crippen molar-refractivity contribution in [1.82, 2.24) is 0 Å². The lowest BCUT2D eigenvalue weighted by Crippen LogP contribution is -2.28. The number of aryl methyl sites for hydroxylation is 1. The van der Waals surface area contributed by atoms with Crippen molar-refractivity contribution in [3.05, 3.63) is 83.4 Å². The van der Waals surface area contributed by atoms with Crippen LogP contribution in [-0.2, 0) is 23.9 Å². The molecule has 9 heteroatoms. The fourth-order valence-electron chi connectivity index (χ4n) is 4.40. The largest absolute Gasteiger partial charge is 0.465 e. The monoisotopic (exact) mass is 544 g/mol. The summed E-state index contributed by atoms with van der Waals surface area (Å²) in [6, 6.07) is 19.4. The molecule has 1 saturated heterocycles. The molecule has 0 spiro atoms. The lowest BCUT2D eigenvalue weighted by Gasteiger charge is -2.18. The molecule has 1 heterocycles. The van der Waals surface area contributed by atoms with E-state index in [2.05, 4.69) is 36.0 Å². The second kappa shape index (κ2) is 12.5. The van der Waals surface area contributed by atoms with Crippen LogP contribution in [0.25, 0.3) is 0 Å². The maximum absolute atomic E-state index is 12.7. The summed E-state index contributed by atoms with van der Waals surface area (Å²) < 4.78 is 16.0. The highest BCUT2D eigenvalue weighted by Gasteiger charge is 2.36. The molecule has 3 aromatic carbocycles. The van der Waals surface area contributed by atoms with Crippen molar-refractivity contribution in [3.8, 4) is 11.5 Å². The number of hydrogen-bond acceptors (Lipinski definition) is 7. The summed E-state index contributed by atoms with van der Waals surface area (Å²) in [5.41, 5.74) is 3.63. The third-order valence-corrected chi connectivity index (χ3v) is 6.56. The number of amides is 2. The van der Waals surface area contributed by atoms with E-state index in [1.54, 1.807) is 36.4 Å².